The molecule has 1 saturated heterocycles. The van der Waals surface area contributed by atoms with Crippen LogP contribution in [-0.2, 0) is 26.4 Å². The molecule has 222 valence electrons. The van der Waals surface area contributed by atoms with Crippen molar-refractivity contribution >= 4 is 27.5 Å². The molecule has 0 radical (unpaired) electrons. The highest BCUT2D eigenvalue weighted by Gasteiger charge is 2.48. The first-order valence-electron chi connectivity index (χ1n) is 14.2. The minimum absolute atomic E-state index is 0.0810. The number of nitrogens with one attached hydrogen (secondary N) is 1. The van der Waals surface area contributed by atoms with Gasteiger partial charge in [-0.05, 0) is 50.7 Å². The van der Waals surface area contributed by atoms with E-state index in [1.54, 1.807) is 17.9 Å². The number of fused-ring (bicyclic) bond motifs is 1. The summed E-state index contributed by atoms with van der Waals surface area (Å²) in [6.45, 7) is 3.11. The zero-order valence-corrected chi connectivity index (χ0v) is 24.7. The van der Waals surface area contributed by atoms with Crippen LogP contribution in [0.2, 0.25) is 0 Å². The normalized spacial score (nSPS) is 17.6. The summed E-state index contributed by atoms with van der Waals surface area (Å²) in [7, 11) is 3.13. The van der Waals surface area contributed by atoms with E-state index in [9.17, 15) is 14.4 Å². The van der Waals surface area contributed by atoms with Gasteiger partial charge in [-0.15, -0.1) is 11.3 Å². The van der Waals surface area contributed by atoms with E-state index in [0.29, 0.717) is 58.4 Å². The first kappa shape index (κ1) is 28.4. The maximum atomic E-state index is 14.5. The minimum Gasteiger partial charge on any atom is -0.496 e. The van der Waals surface area contributed by atoms with E-state index in [-0.39, 0.29) is 18.6 Å². The maximum absolute atomic E-state index is 14.5. The second-order valence-corrected chi connectivity index (χ2v) is 11.7. The number of thiophene rings is 1. The molecule has 1 saturated carbocycles. The predicted molar refractivity (Wildman–Crippen MR) is 157 cm³/mol. The van der Waals surface area contributed by atoms with Crippen molar-refractivity contribution in [2.75, 3.05) is 27.4 Å². The Kier molecular flexibility index (Phi) is 7.77. The van der Waals surface area contributed by atoms with Crippen LogP contribution in [0.4, 0.5) is 0 Å². The summed E-state index contributed by atoms with van der Waals surface area (Å²) in [5.74, 6) is 0.651. The molecule has 4 heterocycles. The van der Waals surface area contributed by atoms with Crippen LogP contribution in [0.1, 0.15) is 49.3 Å². The van der Waals surface area contributed by atoms with Crippen LogP contribution >= 0.6 is 11.3 Å². The van der Waals surface area contributed by atoms with Crippen LogP contribution in [0.15, 0.2) is 50.7 Å². The Bertz CT molecular complexity index is 1710. The Morgan fingerprint density at radius 2 is 2.00 bits per heavy atom. The van der Waals surface area contributed by atoms with Gasteiger partial charge < -0.3 is 23.9 Å². The van der Waals surface area contributed by atoms with Gasteiger partial charge in [-0.3, -0.25) is 14.2 Å². The lowest BCUT2D eigenvalue weighted by atomic mass is 9.75. The number of methoxy groups -OCH3 is 1. The number of aromatic nitrogens is 3. The lowest BCUT2D eigenvalue weighted by Crippen LogP contribution is -2.61. The molecule has 1 aliphatic heterocycles. The minimum atomic E-state index is -1.25. The van der Waals surface area contributed by atoms with Crippen LogP contribution < -0.4 is 21.3 Å². The van der Waals surface area contributed by atoms with Gasteiger partial charge in [-0.25, -0.2) is 14.3 Å². The van der Waals surface area contributed by atoms with Crippen LogP contribution in [0.25, 0.3) is 21.0 Å². The van der Waals surface area contributed by atoms with Crippen LogP contribution in [0.3, 0.4) is 0 Å². The Labute approximate surface area is 246 Å². The summed E-state index contributed by atoms with van der Waals surface area (Å²) < 4.78 is 26.3. The molecule has 4 aromatic rings. The molecule has 1 amide bonds. The highest BCUT2D eigenvalue weighted by molar-refractivity contribution is 7.22. The third-order valence-corrected chi connectivity index (χ3v) is 9.76. The SMILES string of the molecule is CNC(=O)C1(n2c(=O)c3c(C)c(-c4ncco4)sc3n(C[C@H](OC3CCOCC3)c3ccccc3OC)c2=O)CCC1. The summed E-state index contributed by atoms with van der Waals surface area (Å²) in [6.07, 6.45) is 5.33. The number of amides is 1. The largest absolute Gasteiger partial charge is 0.496 e. The second-order valence-electron chi connectivity index (χ2n) is 10.8. The van der Waals surface area contributed by atoms with Crippen molar-refractivity contribution in [3.8, 4) is 16.5 Å². The number of nitrogens with zero attached hydrogens (tertiary/aromatic N) is 3. The fraction of sp³-hybridized carbons (Fsp3) is 0.467. The number of ether oxygens (including phenoxy) is 3. The van der Waals surface area contributed by atoms with Crippen LogP contribution in [0.5, 0.6) is 5.75 Å². The van der Waals surface area contributed by atoms with Gasteiger partial charge in [0, 0.05) is 25.8 Å². The maximum Gasteiger partial charge on any atom is 0.333 e. The standard InChI is InChI=1S/C30H34N4O7S/c1-18-23-26(35)34(30(11-6-12-30)28(36)31-2)29(37)33(27(23)42-24(18)25-32-13-16-40-25)17-22(41-19-9-14-39-15-10-19)20-7-4-5-8-21(20)38-3/h4-5,7-8,13,16,19,22H,6,9-12,14-15,17H2,1-3H3,(H,31,36)/t22-/m0/s1. The summed E-state index contributed by atoms with van der Waals surface area (Å²) in [6, 6.07) is 7.58. The number of rotatable bonds is 9. The molecular weight excluding hydrogens is 560 g/mol. The second kappa shape index (κ2) is 11.5. The van der Waals surface area contributed by atoms with Crippen molar-refractivity contribution in [1.29, 1.82) is 0 Å². The molecule has 12 heteroatoms. The smallest absolute Gasteiger partial charge is 0.333 e. The Balaban J connectivity index is 1.59. The number of carbonyl (C=O) groups excluding carboxylic acids is 1. The quantitative estimate of drug-likeness (QED) is 0.311. The van der Waals surface area contributed by atoms with Gasteiger partial charge in [0.2, 0.25) is 11.8 Å². The molecule has 0 unspecified atom stereocenters. The zero-order chi connectivity index (χ0) is 29.4. The van der Waals surface area contributed by atoms with E-state index >= 15 is 0 Å². The van der Waals surface area contributed by atoms with E-state index in [2.05, 4.69) is 10.3 Å². The molecule has 1 aliphatic carbocycles. The third-order valence-electron chi connectivity index (χ3n) is 8.46. The molecule has 6 rings (SSSR count). The molecule has 1 aromatic carbocycles. The fourth-order valence-electron chi connectivity index (χ4n) is 6.08. The molecular formula is C30H34N4O7S. The van der Waals surface area contributed by atoms with Crippen LogP contribution in [0, 0.1) is 6.92 Å². The van der Waals surface area contributed by atoms with E-state index in [4.69, 9.17) is 18.6 Å². The van der Waals surface area contributed by atoms with Gasteiger partial charge >= 0.3 is 5.69 Å². The molecule has 42 heavy (non-hydrogen) atoms. The lowest BCUT2D eigenvalue weighted by molar-refractivity contribution is -0.134. The Morgan fingerprint density at radius 1 is 1.24 bits per heavy atom. The molecule has 0 bridgehead atoms. The Hall–Kier alpha value is -3.74. The van der Waals surface area contributed by atoms with E-state index < -0.39 is 22.9 Å². The van der Waals surface area contributed by atoms with Crippen molar-refractivity contribution in [3.05, 3.63) is 68.7 Å². The summed E-state index contributed by atoms with van der Waals surface area (Å²) in [5, 5.41) is 3.05. The zero-order valence-electron chi connectivity index (χ0n) is 23.9. The number of oxazole rings is 1. The van der Waals surface area contributed by atoms with Crippen molar-refractivity contribution in [2.24, 2.45) is 0 Å². The summed E-state index contributed by atoms with van der Waals surface area (Å²) in [5.41, 5.74) is -0.852. The van der Waals surface area contributed by atoms with Gasteiger partial charge in [-0.2, -0.15) is 0 Å². The van der Waals surface area contributed by atoms with Crippen molar-refractivity contribution < 1.29 is 23.4 Å². The highest BCUT2D eigenvalue weighted by atomic mass is 32.1. The van der Waals surface area contributed by atoms with Crippen molar-refractivity contribution in [2.45, 2.75) is 63.3 Å². The first-order valence-corrected chi connectivity index (χ1v) is 15.0. The molecule has 2 aliphatic rings. The fourth-order valence-corrected chi connectivity index (χ4v) is 7.32. The first-order chi connectivity index (χ1) is 20.4. The van der Waals surface area contributed by atoms with Gasteiger partial charge in [0.25, 0.3) is 5.56 Å². The molecule has 11 nitrogen and oxygen atoms in total. The topological polar surface area (TPSA) is 127 Å². The van der Waals surface area contributed by atoms with Gasteiger partial charge in [0.1, 0.15) is 28.5 Å². The molecule has 1 atom stereocenters. The third kappa shape index (κ3) is 4.67. The predicted octanol–water partition coefficient (Wildman–Crippen LogP) is 3.76. The number of aryl methyl sites for hydroxylation is 1. The number of hydrogen-bond acceptors (Lipinski definition) is 9. The number of carbonyl (C=O) groups is 1. The molecule has 1 N–H and O–H groups in total. The van der Waals surface area contributed by atoms with E-state index in [0.717, 1.165) is 24.8 Å². The summed E-state index contributed by atoms with van der Waals surface area (Å²) in [4.78, 5) is 47.4. The molecule has 0 spiro atoms. The van der Waals surface area contributed by atoms with E-state index in [1.807, 2.05) is 31.2 Å². The van der Waals surface area contributed by atoms with E-state index in [1.165, 1.54) is 29.2 Å². The number of likely N-dealkylation sites (N-methyl/N-ethyl adjacent to an activating group) is 1. The molecule has 2 fully saturated rings. The van der Waals surface area contributed by atoms with Crippen molar-refractivity contribution in [3.63, 3.8) is 0 Å². The average molecular weight is 595 g/mol. The lowest BCUT2D eigenvalue weighted by Gasteiger charge is -2.41. The van der Waals surface area contributed by atoms with Gasteiger partial charge in [-0.1, -0.05) is 18.2 Å². The number of hydrogen-bond donors (Lipinski definition) is 1. The Morgan fingerprint density at radius 3 is 2.64 bits per heavy atom. The van der Waals surface area contributed by atoms with Gasteiger partial charge in [0.05, 0.1) is 36.2 Å². The number of para-hydroxylation sites is 1. The average Bonchev–Trinajstić information content (AvgIpc) is 3.64. The highest BCUT2D eigenvalue weighted by Crippen LogP contribution is 2.41. The van der Waals surface area contributed by atoms with Crippen LogP contribution in [-0.4, -0.2) is 53.5 Å². The number of benzene rings is 1. The van der Waals surface area contributed by atoms with Gasteiger partial charge in [0.15, 0.2) is 0 Å². The summed E-state index contributed by atoms with van der Waals surface area (Å²) >= 11 is 1.27. The van der Waals surface area contributed by atoms with Crippen molar-refractivity contribution in [1.82, 2.24) is 19.4 Å². The molecule has 3 aromatic heterocycles. The monoisotopic (exact) mass is 594 g/mol.